The summed E-state index contributed by atoms with van der Waals surface area (Å²) in [6, 6.07) is 15.6. The quantitative estimate of drug-likeness (QED) is 0.689. The van der Waals surface area contributed by atoms with Crippen LogP contribution in [0.4, 0.5) is 5.69 Å². The standard InChI is InChI=1S/C23H28N2O2S/c1-17-12-14-18(15-13-17)24-22(26)16-28-21-11-7-6-10-20(21)23(27)25(2)19-8-4-3-5-9-19/h6-7,10-15,19H,3-5,8-9,16H2,1-2H3,(H,24,26). The van der Waals surface area contributed by atoms with Gasteiger partial charge in [-0.3, -0.25) is 9.59 Å². The molecule has 0 atom stereocenters. The van der Waals surface area contributed by atoms with Crippen molar-refractivity contribution in [2.24, 2.45) is 0 Å². The normalized spacial score (nSPS) is 14.5. The number of hydrogen-bond donors (Lipinski definition) is 1. The molecule has 148 valence electrons. The summed E-state index contributed by atoms with van der Waals surface area (Å²) in [5.41, 5.74) is 2.63. The highest BCUT2D eigenvalue weighted by molar-refractivity contribution is 8.00. The Balaban J connectivity index is 1.62. The Morgan fingerprint density at radius 2 is 1.71 bits per heavy atom. The molecule has 0 aliphatic heterocycles. The van der Waals surface area contributed by atoms with Crippen LogP contribution in [0.1, 0.15) is 48.0 Å². The Morgan fingerprint density at radius 3 is 2.43 bits per heavy atom. The summed E-state index contributed by atoms with van der Waals surface area (Å²) in [5.74, 6) is 0.247. The van der Waals surface area contributed by atoms with Crippen LogP contribution in [-0.4, -0.2) is 35.6 Å². The van der Waals surface area contributed by atoms with Crippen molar-refractivity contribution in [3.05, 3.63) is 59.7 Å². The van der Waals surface area contributed by atoms with E-state index in [1.54, 1.807) is 0 Å². The molecule has 1 fully saturated rings. The molecule has 1 saturated carbocycles. The number of amides is 2. The molecule has 0 saturated heterocycles. The lowest BCUT2D eigenvalue weighted by molar-refractivity contribution is -0.113. The van der Waals surface area contributed by atoms with Crippen LogP contribution in [0.5, 0.6) is 0 Å². The Labute approximate surface area is 171 Å². The second-order valence-corrected chi connectivity index (χ2v) is 8.42. The maximum atomic E-state index is 13.0. The summed E-state index contributed by atoms with van der Waals surface area (Å²) in [5, 5.41) is 2.91. The van der Waals surface area contributed by atoms with Gasteiger partial charge in [-0.2, -0.15) is 0 Å². The average molecular weight is 397 g/mol. The minimum Gasteiger partial charge on any atom is -0.339 e. The SMILES string of the molecule is Cc1ccc(NC(=O)CSc2ccccc2C(=O)N(C)C2CCCCC2)cc1. The van der Waals surface area contributed by atoms with Gasteiger partial charge < -0.3 is 10.2 Å². The third kappa shape index (κ3) is 5.38. The van der Waals surface area contributed by atoms with Crippen molar-refractivity contribution in [2.75, 3.05) is 18.1 Å². The fraction of sp³-hybridized carbons (Fsp3) is 0.391. The summed E-state index contributed by atoms with van der Waals surface area (Å²) in [7, 11) is 1.91. The molecule has 0 spiro atoms. The molecular weight excluding hydrogens is 368 g/mol. The Hall–Kier alpha value is -2.27. The van der Waals surface area contributed by atoms with Gasteiger partial charge in [-0.05, 0) is 44.0 Å². The highest BCUT2D eigenvalue weighted by atomic mass is 32.2. The summed E-state index contributed by atoms with van der Waals surface area (Å²) < 4.78 is 0. The molecule has 0 aromatic heterocycles. The molecule has 1 aliphatic carbocycles. The van der Waals surface area contributed by atoms with Crippen molar-refractivity contribution in [1.29, 1.82) is 0 Å². The van der Waals surface area contributed by atoms with E-state index in [9.17, 15) is 9.59 Å². The highest BCUT2D eigenvalue weighted by Crippen LogP contribution is 2.27. The van der Waals surface area contributed by atoms with E-state index in [-0.39, 0.29) is 17.6 Å². The van der Waals surface area contributed by atoms with E-state index in [0.29, 0.717) is 11.6 Å². The molecule has 1 aliphatic rings. The smallest absolute Gasteiger partial charge is 0.254 e. The molecule has 2 amide bonds. The first-order valence-electron chi connectivity index (χ1n) is 9.90. The molecule has 0 unspecified atom stereocenters. The predicted octanol–water partition coefficient (Wildman–Crippen LogP) is 5.13. The Morgan fingerprint density at radius 1 is 1.04 bits per heavy atom. The van der Waals surface area contributed by atoms with Crippen LogP contribution in [0.25, 0.3) is 0 Å². The van der Waals surface area contributed by atoms with Crippen molar-refractivity contribution >= 4 is 29.3 Å². The van der Waals surface area contributed by atoms with E-state index in [1.165, 1.54) is 31.0 Å². The number of nitrogens with zero attached hydrogens (tertiary/aromatic N) is 1. The van der Waals surface area contributed by atoms with Crippen molar-refractivity contribution in [1.82, 2.24) is 4.90 Å². The van der Waals surface area contributed by atoms with Gasteiger partial charge in [0.25, 0.3) is 5.91 Å². The molecule has 3 rings (SSSR count). The van der Waals surface area contributed by atoms with Gasteiger partial charge in [0.05, 0.1) is 11.3 Å². The van der Waals surface area contributed by atoms with Gasteiger partial charge in [-0.25, -0.2) is 0 Å². The maximum absolute atomic E-state index is 13.0. The monoisotopic (exact) mass is 396 g/mol. The first kappa shape index (κ1) is 20.5. The number of rotatable bonds is 6. The van der Waals surface area contributed by atoms with Gasteiger partial charge in [-0.15, -0.1) is 11.8 Å². The van der Waals surface area contributed by atoms with Crippen molar-refractivity contribution < 1.29 is 9.59 Å². The molecule has 2 aromatic rings. The highest BCUT2D eigenvalue weighted by Gasteiger charge is 2.24. The maximum Gasteiger partial charge on any atom is 0.254 e. The van der Waals surface area contributed by atoms with Gasteiger partial charge in [0.2, 0.25) is 5.91 Å². The van der Waals surface area contributed by atoms with Gasteiger partial charge in [-0.1, -0.05) is 49.1 Å². The zero-order valence-electron chi connectivity index (χ0n) is 16.6. The number of thioether (sulfide) groups is 1. The van der Waals surface area contributed by atoms with Crippen molar-refractivity contribution in [3.63, 3.8) is 0 Å². The lowest BCUT2D eigenvalue weighted by Gasteiger charge is -2.31. The topological polar surface area (TPSA) is 49.4 Å². The van der Waals surface area contributed by atoms with Gasteiger partial charge >= 0.3 is 0 Å². The second-order valence-electron chi connectivity index (χ2n) is 7.41. The minimum atomic E-state index is -0.0725. The van der Waals surface area contributed by atoms with E-state index < -0.39 is 0 Å². The summed E-state index contributed by atoms with van der Waals surface area (Å²) in [6.07, 6.45) is 5.81. The first-order chi connectivity index (χ1) is 13.5. The van der Waals surface area contributed by atoms with Crippen LogP contribution in [0, 0.1) is 6.92 Å². The molecule has 2 aromatic carbocycles. The summed E-state index contributed by atoms with van der Waals surface area (Å²) in [4.78, 5) is 28.1. The molecule has 0 heterocycles. The lowest BCUT2D eigenvalue weighted by Crippen LogP contribution is -2.38. The molecule has 0 bridgehead atoms. The van der Waals surface area contributed by atoms with Gasteiger partial charge in [0, 0.05) is 23.7 Å². The number of benzene rings is 2. The first-order valence-corrected chi connectivity index (χ1v) is 10.9. The van der Waals surface area contributed by atoms with E-state index in [4.69, 9.17) is 0 Å². The fourth-order valence-corrected chi connectivity index (χ4v) is 4.42. The number of aryl methyl sites for hydroxylation is 1. The third-order valence-electron chi connectivity index (χ3n) is 5.25. The molecular formula is C23H28N2O2S. The molecule has 28 heavy (non-hydrogen) atoms. The van der Waals surface area contributed by atoms with E-state index >= 15 is 0 Å². The van der Waals surface area contributed by atoms with E-state index in [2.05, 4.69) is 5.32 Å². The largest absolute Gasteiger partial charge is 0.339 e. The van der Waals surface area contributed by atoms with Crippen LogP contribution < -0.4 is 5.32 Å². The lowest BCUT2D eigenvalue weighted by atomic mass is 9.94. The number of carbonyl (C=O) groups is 2. The second kappa shape index (κ2) is 9.78. The zero-order chi connectivity index (χ0) is 19.9. The average Bonchev–Trinajstić information content (AvgIpc) is 2.73. The van der Waals surface area contributed by atoms with Gasteiger partial charge in [0.1, 0.15) is 0 Å². The fourth-order valence-electron chi connectivity index (χ4n) is 3.57. The van der Waals surface area contributed by atoms with E-state index in [0.717, 1.165) is 29.0 Å². The van der Waals surface area contributed by atoms with Crippen molar-refractivity contribution in [3.8, 4) is 0 Å². The number of anilines is 1. The van der Waals surface area contributed by atoms with E-state index in [1.807, 2.05) is 67.4 Å². The van der Waals surface area contributed by atoms with Crippen LogP contribution >= 0.6 is 11.8 Å². The predicted molar refractivity (Wildman–Crippen MR) is 116 cm³/mol. The van der Waals surface area contributed by atoms with Crippen LogP contribution in [0.3, 0.4) is 0 Å². The van der Waals surface area contributed by atoms with Crippen LogP contribution in [0.15, 0.2) is 53.4 Å². The molecule has 1 N–H and O–H groups in total. The van der Waals surface area contributed by atoms with Gasteiger partial charge in [0.15, 0.2) is 0 Å². The number of nitrogens with one attached hydrogen (secondary N) is 1. The number of hydrogen-bond acceptors (Lipinski definition) is 3. The van der Waals surface area contributed by atoms with Crippen LogP contribution in [0.2, 0.25) is 0 Å². The summed E-state index contributed by atoms with van der Waals surface area (Å²) >= 11 is 1.41. The van der Waals surface area contributed by atoms with Crippen molar-refractivity contribution in [2.45, 2.75) is 50.0 Å². The minimum absolute atomic E-state index is 0.0499. The molecule has 4 nitrogen and oxygen atoms in total. The zero-order valence-corrected chi connectivity index (χ0v) is 17.4. The Kier molecular flexibility index (Phi) is 7.15. The third-order valence-corrected chi connectivity index (χ3v) is 6.33. The number of carbonyl (C=O) groups excluding carboxylic acids is 2. The van der Waals surface area contributed by atoms with Crippen LogP contribution in [-0.2, 0) is 4.79 Å². The summed E-state index contributed by atoms with van der Waals surface area (Å²) in [6.45, 7) is 2.01. The molecule has 0 radical (unpaired) electrons. The Bertz CT molecular complexity index is 814. The molecule has 5 heteroatoms.